The Bertz CT molecular complexity index is 1280. The lowest BCUT2D eigenvalue weighted by Gasteiger charge is -2.19. The molecule has 6 heteroatoms. The number of methoxy groups -OCH3 is 1. The molecule has 0 aliphatic heterocycles. The molecule has 3 aromatic carbocycles. The molecule has 1 aromatic heterocycles. The van der Waals surface area contributed by atoms with Crippen molar-refractivity contribution in [2.75, 3.05) is 19.0 Å². The van der Waals surface area contributed by atoms with Gasteiger partial charge >= 0.3 is 0 Å². The zero-order valence-electron chi connectivity index (χ0n) is 21.3. The number of carbonyl (C=O) groups is 1. The van der Waals surface area contributed by atoms with Crippen molar-refractivity contribution in [2.45, 2.75) is 52.0 Å². The summed E-state index contributed by atoms with van der Waals surface area (Å²) in [5.74, 6) is 3.22. The Morgan fingerprint density at radius 3 is 2.47 bits per heavy atom. The van der Waals surface area contributed by atoms with E-state index in [9.17, 15) is 4.79 Å². The number of Topliss-reactive ketones (excluding diaryl/α,β-unsaturated/α-hetero) is 1. The smallest absolute Gasteiger partial charge is 0.170 e. The van der Waals surface area contributed by atoms with Crippen molar-refractivity contribution in [1.29, 1.82) is 0 Å². The highest BCUT2D eigenvalue weighted by atomic mass is 16.5. The van der Waals surface area contributed by atoms with Crippen LogP contribution in [0, 0.1) is 6.92 Å². The van der Waals surface area contributed by atoms with Gasteiger partial charge in [0, 0.05) is 18.9 Å². The number of aromatic nitrogens is 1. The van der Waals surface area contributed by atoms with E-state index < -0.39 is 0 Å². The number of carbonyl (C=O) groups excluding carboxylic acids is 1. The van der Waals surface area contributed by atoms with Gasteiger partial charge in [0.2, 0.25) is 0 Å². The maximum absolute atomic E-state index is 13.1. The SMILES string of the molecule is CCCCOc1ccc(CCC(=O)CC(Nc2cc(C)on2)c2ccc3cc(OC)ccc3c2)cc1. The summed E-state index contributed by atoms with van der Waals surface area (Å²) in [6.45, 7) is 4.73. The van der Waals surface area contributed by atoms with Gasteiger partial charge in [-0.25, -0.2) is 0 Å². The Morgan fingerprint density at radius 1 is 1.00 bits per heavy atom. The van der Waals surface area contributed by atoms with Gasteiger partial charge in [0.15, 0.2) is 5.82 Å². The first kappa shape index (κ1) is 25.3. The van der Waals surface area contributed by atoms with Crippen LogP contribution in [0.3, 0.4) is 0 Å². The molecular formula is C30H34N2O4. The predicted octanol–water partition coefficient (Wildman–Crippen LogP) is 7.07. The third-order valence-electron chi connectivity index (χ3n) is 6.24. The molecular weight excluding hydrogens is 452 g/mol. The van der Waals surface area contributed by atoms with Gasteiger partial charge in [0.05, 0.1) is 19.8 Å². The van der Waals surface area contributed by atoms with Gasteiger partial charge in [-0.05, 0) is 72.0 Å². The lowest BCUT2D eigenvalue weighted by molar-refractivity contribution is -0.119. The van der Waals surface area contributed by atoms with Gasteiger partial charge in [-0.2, -0.15) is 0 Å². The molecule has 0 amide bonds. The first-order chi connectivity index (χ1) is 17.5. The first-order valence-electron chi connectivity index (χ1n) is 12.5. The zero-order chi connectivity index (χ0) is 25.3. The fourth-order valence-electron chi connectivity index (χ4n) is 4.15. The number of hydrogen-bond donors (Lipinski definition) is 1. The van der Waals surface area contributed by atoms with E-state index in [0.717, 1.165) is 58.6 Å². The molecule has 0 spiro atoms. The molecule has 1 heterocycles. The highest BCUT2D eigenvalue weighted by Crippen LogP contribution is 2.29. The molecule has 0 radical (unpaired) electrons. The van der Waals surface area contributed by atoms with Crippen LogP contribution in [0.1, 0.15) is 55.5 Å². The zero-order valence-corrected chi connectivity index (χ0v) is 21.3. The highest BCUT2D eigenvalue weighted by molar-refractivity contribution is 5.85. The van der Waals surface area contributed by atoms with Crippen molar-refractivity contribution in [2.24, 2.45) is 0 Å². The Kier molecular flexibility index (Phi) is 8.61. The van der Waals surface area contributed by atoms with Crippen LogP contribution in [0.25, 0.3) is 10.8 Å². The van der Waals surface area contributed by atoms with Crippen molar-refractivity contribution in [3.05, 3.63) is 83.6 Å². The van der Waals surface area contributed by atoms with Crippen molar-refractivity contribution >= 4 is 22.4 Å². The molecule has 1 unspecified atom stereocenters. The highest BCUT2D eigenvalue weighted by Gasteiger charge is 2.18. The van der Waals surface area contributed by atoms with E-state index in [2.05, 4.69) is 35.6 Å². The minimum Gasteiger partial charge on any atom is -0.497 e. The van der Waals surface area contributed by atoms with E-state index >= 15 is 0 Å². The number of benzene rings is 3. The second-order valence-corrected chi connectivity index (χ2v) is 9.08. The number of anilines is 1. The molecule has 4 rings (SSSR count). The lowest BCUT2D eigenvalue weighted by atomic mass is 9.96. The van der Waals surface area contributed by atoms with Gasteiger partial charge in [0.25, 0.3) is 0 Å². The second kappa shape index (κ2) is 12.2. The summed E-state index contributed by atoms with van der Waals surface area (Å²) in [5, 5.41) is 9.65. The maximum Gasteiger partial charge on any atom is 0.170 e. The van der Waals surface area contributed by atoms with E-state index in [0.29, 0.717) is 25.1 Å². The van der Waals surface area contributed by atoms with Crippen LogP contribution in [-0.4, -0.2) is 24.7 Å². The number of nitrogens with one attached hydrogen (secondary N) is 1. The predicted molar refractivity (Wildman–Crippen MR) is 143 cm³/mol. The largest absolute Gasteiger partial charge is 0.497 e. The van der Waals surface area contributed by atoms with Crippen LogP contribution in [0.5, 0.6) is 11.5 Å². The summed E-state index contributed by atoms with van der Waals surface area (Å²) in [5.41, 5.74) is 2.15. The van der Waals surface area contributed by atoms with Crippen LogP contribution in [0.4, 0.5) is 5.82 Å². The molecule has 0 saturated carbocycles. The summed E-state index contributed by atoms with van der Waals surface area (Å²) in [6.07, 6.45) is 3.68. The number of hydrogen-bond acceptors (Lipinski definition) is 6. The fourth-order valence-corrected chi connectivity index (χ4v) is 4.15. The number of fused-ring (bicyclic) bond motifs is 1. The van der Waals surface area contributed by atoms with Crippen molar-refractivity contribution < 1.29 is 18.8 Å². The average Bonchev–Trinajstić information content (AvgIpc) is 3.31. The Hall–Kier alpha value is -3.80. The average molecular weight is 487 g/mol. The molecule has 0 bridgehead atoms. The molecule has 0 aliphatic rings. The van der Waals surface area contributed by atoms with Gasteiger partial charge < -0.3 is 19.3 Å². The molecule has 36 heavy (non-hydrogen) atoms. The number of rotatable bonds is 13. The number of ether oxygens (including phenoxy) is 2. The van der Waals surface area contributed by atoms with E-state index in [-0.39, 0.29) is 11.8 Å². The quantitative estimate of drug-likeness (QED) is 0.204. The summed E-state index contributed by atoms with van der Waals surface area (Å²) < 4.78 is 16.3. The van der Waals surface area contributed by atoms with Gasteiger partial charge in [-0.15, -0.1) is 0 Å². The van der Waals surface area contributed by atoms with Crippen molar-refractivity contribution in [3.63, 3.8) is 0 Å². The van der Waals surface area contributed by atoms with Crippen LogP contribution in [-0.2, 0) is 11.2 Å². The van der Waals surface area contributed by atoms with E-state index in [1.165, 1.54) is 0 Å². The van der Waals surface area contributed by atoms with Crippen LogP contribution >= 0.6 is 0 Å². The third-order valence-corrected chi connectivity index (χ3v) is 6.24. The summed E-state index contributed by atoms with van der Waals surface area (Å²) >= 11 is 0. The lowest BCUT2D eigenvalue weighted by Crippen LogP contribution is -2.16. The molecule has 6 nitrogen and oxygen atoms in total. The Morgan fingerprint density at radius 2 is 1.75 bits per heavy atom. The summed E-state index contributed by atoms with van der Waals surface area (Å²) in [6, 6.07) is 21.9. The van der Waals surface area contributed by atoms with Crippen LogP contribution < -0.4 is 14.8 Å². The monoisotopic (exact) mass is 486 g/mol. The van der Waals surface area contributed by atoms with Crippen molar-refractivity contribution in [1.82, 2.24) is 5.16 Å². The molecule has 0 saturated heterocycles. The minimum atomic E-state index is -0.220. The standard InChI is InChI=1S/C30H34N2O4/c1-4-5-16-35-27-13-7-22(8-14-27)6-12-26(33)20-29(31-30-17-21(2)36-32-30)25-10-9-24-19-28(34-3)15-11-23(24)18-25/h7-11,13-15,17-19,29H,4-6,12,16,20H2,1-3H3,(H,31,32). The van der Waals surface area contributed by atoms with Crippen molar-refractivity contribution in [3.8, 4) is 11.5 Å². The van der Waals surface area contributed by atoms with Crippen LogP contribution in [0.2, 0.25) is 0 Å². The van der Waals surface area contributed by atoms with E-state index in [1.54, 1.807) is 7.11 Å². The maximum atomic E-state index is 13.1. The Balaban J connectivity index is 1.43. The number of aryl methyl sites for hydroxylation is 2. The normalized spacial score (nSPS) is 11.9. The number of nitrogens with zero attached hydrogens (tertiary/aromatic N) is 1. The molecule has 1 atom stereocenters. The molecule has 1 N–H and O–H groups in total. The topological polar surface area (TPSA) is 73.6 Å². The molecule has 0 aliphatic carbocycles. The summed E-state index contributed by atoms with van der Waals surface area (Å²) in [4.78, 5) is 13.1. The molecule has 188 valence electrons. The minimum absolute atomic E-state index is 0.186. The molecule has 4 aromatic rings. The van der Waals surface area contributed by atoms with Gasteiger partial charge in [0.1, 0.15) is 23.0 Å². The fraction of sp³-hybridized carbons (Fsp3) is 0.333. The van der Waals surface area contributed by atoms with Gasteiger partial charge in [-0.1, -0.05) is 48.8 Å². The second-order valence-electron chi connectivity index (χ2n) is 9.08. The third kappa shape index (κ3) is 6.87. The Labute approximate surface area is 212 Å². The van der Waals surface area contributed by atoms with Crippen LogP contribution in [0.15, 0.2) is 71.3 Å². The van der Waals surface area contributed by atoms with E-state index in [4.69, 9.17) is 14.0 Å². The molecule has 0 fully saturated rings. The summed E-state index contributed by atoms with van der Waals surface area (Å²) in [7, 11) is 1.66. The number of ketones is 1. The number of unbranched alkanes of at least 4 members (excludes halogenated alkanes) is 1. The van der Waals surface area contributed by atoms with Gasteiger partial charge in [-0.3, -0.25) is 4.79 Å². The van der Waals surface area contributed by atoms with E-state index in [1.807, 2.05) is 55.5 Å². The first-order valence-corrected chi connectivity index (χ1v) is 12.5.